The van der Waals surface area contributed by atoms with Gasteiger partial charge >= 0.3 is 0 Å². The van der Waals surface area contributed by atoms with Crippen LogP contribution in [0.3, 0.4) is 0 Å². The van der Waals surface area contributed by atoms with Crippen LogP contribution < -0.4 is 15.5 Å². The largest absolute Gasteiger partial charge is 0.375 e. The van der Waals surface area contributed by atoms with Gasteiger partial charge in [0.25, 0.3) is 0 Å². The number of nitrogens with zero attached hydrogens (tertiary/aromatic N) is 3. The first-order valence-electron chi connectivity index (χ1n) is 8.51. The van der Waals surface area contributed by atoms with Gasteiger partial charge in [0.05, 0.1) is 12.7 Å². The second kappa shape index (κ2) is 10.7. The molecule has 2 aromatic rings. The van der Waals surface area contributed by atoms with Gasteiger partial charge < -0.3 is 20.3 Å². The first-order chi connectivity index (χ1) is 12.2. The highest BCUT2D eigenvalue weighted by Gasteiger charge is 2.17. The predicted octanol–water partition coefficient (Wildman–Crippen LogP) is 2.85. The molecule has 1 unspecified atom stereocenters. The Balaban J connectivity index is 0.00000243. The van der Waals surface area contributed by atoms with Crippen molar-refractivity contribution in [1.29, 1.82) is 0 Å². The van der Waals surface area contributed by atoms with Gasteiger partial charge in [0.15, 0.2) is 5.96 Å². The van der Waals surface area contributed by atoms with E-state index in [1.165, 1.54) is 5.56 Å². The number of guanidine groups is 1. The van der Waals surface area contributed by atoms with Crippen molar-refractivity contribution in [2.45, 2.75) is 26.1 Å². The first kappa shape index (κ1) is 20.9. The van der Waals surface area contributed by atoms with E-state index in [2.05, 4.69) is 61.4 Å². The molecule has 0 aromatic carbocycles. The fraction of sp³-hybridized carbons (Fsp3) is 0.444. The molecule has 8 heteroatoms. The number of hydrogen-bond donors (Lipinski definition) is 2. The normalized spacial score (nSPS) is 17.5. The van der Waals surface area contributed by atoms with Gasteiger partial charge in [-0.3, -0.25) is 4.99 Å². The number of pyridine rings is 1. The van der Waals surface area contributed by atoms with E-state index in [4.69, 9.17) is 4.74 Å². The second-order valence-electron chi connectivity index (χ2n) is 6.06. The Morgan fingerprint density at radius 2 is 2.12 bits per heavy atom. The maximum absolute atomic E-state index is 5.58. The smallest absolute Gasteiger partial charge is 0.191 e. The Morgan fingerprint density at radius 1 is 1.31 bits per heavy atom. The summed E-state index contributed by atoms with van der Waals surface area (Å²) in [6, 6.07) is 6.30. The summed E-state index contributed by atoms with van der Waals surface area (Å²) < 4.78 is 5.58. The number of nitrogens with one attached hydrogen (secondary N) is 2. The average Bonchev–Trinajstić information content (AvgIpc) is 3.16. The SMILES string of the molecule is CN=C(NCc1ccc(N2CCOC(C)C2)nc1)NCc1ccsc1.I. The topological polar surface area (TPSA) is 61.8 Å². The summed E-state index contributed by atoms with van der Waals surface area (Å²) in [6.07, 6.45) is 2.18. The number of ether oxygens (including phenoxy) is 1. The predicted molar refractivity (Wildman–Crippen MR) is 119 cm³/mol. The van der Waals surface area contributed by atoms with E-state index in [0.29, 0.717) is 6.54 Å². The number of halogens is 1. The van der Waals surface area contributed by atoms with Crippen molar-refractivity contribution >= 4 is 47.1 Å². The molecule has 1 saturated heterocycles. The number of rotatable bonds is 5. The molecule has 0 bridgehead atoms. The average molecular weight is 487 g/mol. The first-order valence-corrected chi connectivity index (χ1v) is 9.46. The van der Waals surface area contributed by atoms with Crippen molar-refractivity contribution in [2.24, 2.45) is 4.99 Å². The van der Waals surface area contributed by atoms with E-state index in [0.717, 1.165) is 43.6 Å². The van der Waals surface area contributed by atoms with Gasteiger partial charge in [-0.1, -0.05) is 6.07 Å². The molecule has 3 rings (SSSR count). The Hall–Kier alpha value is -1.39. The zero-order valence-corrected chi connectivity index (χ0v) is 18.3. The Kier molecular flexibility index (Phi) is 8.60. The van der Waals surface area contributed by atoms with Crippen LogP contribution >= 0.6 is 35.3 Å². The third-order valence-electron chi connectivity index (χ3n) is 4.10. The van der Waals surface area contributed by atoms with Crippen molar-refractivity contribution in [2.75, 3.05) is 31.6 Å². The van der Waals surface area contributed by atoms with Crippen LogP contribution in [0.2, 0.25) is 0 Å². The monoisotopic (exact) mass is 487 g/mol. The molecule has 3 heterocycles. The summed E-state index contributed by atoms with van der Waals surface area (Å²) in [5.41, 5.74) is 2.39. The molecule has 2 N–H and O–H groups in total. The molecule has 1 atom stereocenters. The highest BCUT2D eigenvalue weighted by molar-refractivity contribution is 14.0. The molecule has 0 radical (unpaired) electrons. The molecule has 26 heavy (non-hydrogen) atoms. The molecule has 1 fully saturated rings. The maximum atomic E-state index is 5.58. The zero-order valence-electron chi connectivity index (χ0n) is 15.1. The molecule has 1 aliphatic heterocycles. The number of aliphatic imine (C=N–C) groups is 1. The summed E-state index contributed by atoms with van der Waals surface area (Å²) in [6.45, 7) is 6.11. The van der Waals surface area contributed by atoms with Crippen LogP contribution in [-0.2, 0) is 17.8 Å². The zero-order chi connectivity index (χ0) is 17.5. The lowest BCUT2D eigenvalue weighted by Crippen LogP contribution is -2.41. The third-order valence-corrected chi connectivity index (χ3v) is 4.83. The minimum atomic E-state index is 0. The van der Waals surface area contributed by atoms with Gasteiger partial charge in [-0.15, -0.1) is 24.0 Å². The third kappa shape index (κ3) is 6.10. The van der Waals surface area contributed by atoms with Gasteiger partial charge in [-0.25, -0.2) is 4.98 Å². The highest BCUT2D eigenvalue weighted by atomic mass is 127. The molecule has 2 aromatic heterocycles. The van der Waals surface area contributed by atoms with Crippen LogP contribution in [0.15, 0.2) is 40.1 Å². The summed E-state index contributed by atoms with van der Waals surface area (Å²) in [4.78, 5) is 11.1. The molecule has 0 aliphatic carbocycles. The number of thiophene rings is 1. The lowest BCUT2D eigenvalue weighted by molar-refractivity contribution is 0.0529. The van der Waals surface area contributed by atoms with E-state index in [1.807, 2.05) is 6.20 Å². The summed E-state index contributed by atoms with van der Waals surface area (Å²) in [7, 11) is 1.78. The summed E-state index contributed by atoms with van der Waals surface area (Å²) in [5.74, 6) is 1.80. The molecule has 0 saturated carbocycles. The van der Waals surface area contributed by atoms with E-state index >= 15 is 0 Å². The molecular weight excluding hydrogens is 461 g/mol. The summed E-state index contributed by atoms with van der Waals surface area (Å²) >= 11 is 1.70. The summed E-state index contributed by atoms with van der Waals surface area (Å²) in [5, 5.41) is 10.8. The molecule has 6 nitrogen and oxygen atoms in total. The van der Waals surface area contributed by atoms with E-state index in [-0.39, 0.29) is 30.1 Å². The van der Waals surface area contributed by atoms with Crippen LogP contribution in [-0.4, -0.2) is 43.8 Å². The van der Waals surface area contributed by atoms with Crippen LogP contribution in [0.4, 0.5) is 5.82 Å². The minimum Gasteiger partial charge on any atom is -0.375 e. The maximum Gasteiger partial charge on any atom is 0.191 e. The van der Waals surface area contributed by atoms with Gasteiger partial charge in [-0.2, -0.15) is 11.3 Å². The van der Waals surface area contributed by atoms with E-state index in [9.17, 15) is 0 Å². The van der Waals surface area contributed by atoms with Crippen LogP contribution in [0, 0.1) is 0 Å². The van der Waals surface area contributed by atoms with E-state index < -0.39 is 0 Å². The Labute approximate surface area is 176 Å². The van der Waals surface area contributed by atoms with Gasteiger partial charge in [0.2, 0.25) is 0 Å². The van der Waals surface area contributed by atoms with Crippen molar-refractivity contribution in [3.05, 3.63) is 46.3 Å². The molecule has 0 spiro atoms. The number of aromatic nitrogens is 1. The van der Waals surface area contributed by atoms with Crippen molar-refractivity contribution in [1.82, 2.24) is 15.6 Å². The molecule has 0 amide bonds. The fourth-order valence-corrected chi connectivity index (χ4v) is 3.39. The van der Waals surface area contributed by atoms with Gasteiger partial charge in [-0.05, 0) is 40.9 Å². The Bertz CT molecular complexity index is 677. The number of hydrogen-bond acceptors (Lipinski definition) is 5. The van der Waals surface area contributed by atoms with Crippen molar-refractivity contribution < 1.29 is 4.74 Å². The highest BCUT2D eigenvalue weighted by Crippen LogP contribution is 2.15. The van der Waals surface area contributed by atoms with Crippen LogP contribution in [0.5, 0.6) is 0 Å². The Morgan fingerprint density at radius 3 is 2.73 bits per heavy atom. The number of morpholine rings is 1. The van der Waals surface area contributed by atoms with Crippen molar-refractivity contribution in [3.8, 4) is 0 Å². The van der Waals surface area contributed by atoms with Crippen LogP contribution in [0.25, 0.3) is 0 Å². The second-order valence-corrected chi connectivity index (χ2v) is 6.84. The molecule has 142 valence electrons. The lowest BCUT2D eigenvalue weighted by Gasteiger charge is -2.32. The lowest BCUT2D eigenvalue weighted by atomic mass is 10.2. The molecular formula is C18H26IN5OS. The molecule has 1 aliphatic rings. The van der Waals surface area contributed by atoms with Gasteiger partial charge in [0, 0.05) is 39.4 Å². The van der Waals surface area contributed by atoms with Gasteiger partial charge in [0.1, 0.15) is 5.82 Å². The van der Waals surface area contributed by atoms with Crippen LogP contribution in [0.1, 0.15) is 18.1 Å². The van der Waals surface area contributed by atoms with Crippen molar-refractivity contribution in [3.63, 3.8) is 0 Å². The standard InChI is InChI=1S/C18H25N5OS.HI/c1-14-12-23(6-7-24-14)17-4-3-15(9-20-17)10-21-18(19-2)22-11-16-5-8-25-13-16;/h3-5,8-9,13-14H,6-7,10-12H2,1-2H3,(H2,19,21,22);1H. The minimum absolute atomic E-state index is 0. The quantitative estimate of drug-likeness (QED) is 0.386. The van der Waals surface area contributed by atoms with E-state index in [1.54, 1.807) is 18.4 Å². The fourth-order valence-electron chi connectivity index (χ4n) is 2.72. The number of anilines is 1.